The van der Waals surface area contributed by atoms with Gasteiger partial charge >= 0.3 is 0 Å². The van der Waals surface area contributed by atoms with Crippen LogP contribution < -0.4 is 10.5 Å². The fraction of sp³-hybridized carbons (Fsp3) is 0.294. The second kappa shape index (κ2) is 7.57. The topological polar surface area (TPSA) is 35.2 Å². The van der Waals surface area contributed by atoms with Crippen molar-refractivity contribution < 1.29 is 9.13 Å². The van der Waals surface area contributed by atoms with Gasteiger partial charge in [0.25, 0.3) is 0 Å². The van der Waals surface area contributed by atoms with E-state index in [-0.39, 0.29) is 11.9 Å². The molecular formula is C17H19BrFNO. The summed E-state index contributed by atoms with van der Waals surface area (Å²) >= 11 is 3.49. The molecule has 2 nitrogen and oxygen atoms in total. The lowest BCUT2D eigenvalue weighted by Gasteiger charge is -2.15. The monoisotopic (exact) mass is 351 g/mol. The average Bonchev–Trinajstić information content (AvgIpc) is 2.48. The van der Waals surface area contributed by atoms with E-state index in [1.165, 1.54) is 6.07 Å². The zero-order valence-electron chi connectivity index (χ0n) is 12.0. The Morgan fingerprint density at radius 1 is 1.24 bits per heavy atom. The van der Waals surface area contributed by atoms with E-state index < -0.39 is 0 Å². The zero-order valence-corrected chi connectivity index (χ0v) is 13.6. The van der Waals surface area contributed by atoms with Crippen LogP contribution in [0.2, 0.25) is 0 Å². The summed E-state index contributed by atoms with van der Waals surface area (Å²) in [5.41, 5.74) is 7.77. The largest absolute Gasteiger partial charge is 0.492 e. The molecule has 2 aromatic carbocycles. The lowest BCUT2D eigenvalue weighted by atomic mass is 9.99. The highest BCUT2D eigenvalue weighted by Crippen LogP contribution is 2.29. The van der Waals surface area contributed by atoms with E-state index in [0.29, 0.717) is 18.6 Å². The number of hydrogen-bond donors (Lipinski definition) is 1. The van der Waals surface area contributed by atoms with Crippen LogP contribution in [0.5, 0.6) is 5.75 Å². The first kappa shape index (κ1) is 16.0. The number of rotatable bonds is 6. The molecule has 0 aromatic heterocycles. The van der Waals surface area contributed by atoms with Crippen molar-refractivity contribution in [2.75, 3.05) is 6.61 Å². The summed E-state index contributed by atoms with van der Waals surface area (Å²) in [6.45, 7) is 2.74. The van der Waals surface area contributed by atoms with Gasteiger partial charge in [0.1, 0.15) is 11.6 Å². The van der Waals surface area contributed by atoms with Crippen LogP contribution >= 0.6 is 15.9 Å². The van der Waals surface area contributed by atoms with Crippen molar-refractivity contribution in [3.05, 3.63) is 63.9 Å². The Hall–Kier alpha value is -1.39. The molecule has 0 amide bonds. The van der Waals surface area contributed by atoms with Crippen molar-refractivity contribution in [2.24, 2.45) is 5.73 Å². The van der Waals surface area contributed by atoms with Gasteiger partial charge in [0, 0.05) is 6.04 Å². The van der Waals surface area contributed by atoms with E-state index in [4.69, 9.17) is 10.5 Å². The molecule has 2 aromatic rings. The van der Waals surface area contributed by atoms with Crippen molar-refractivity contribution in [1.29, 1.82) is 0 Å². The molecule has 2 rings (SSSR count). The number of ether oxygens (including phenoxy) is 1. The molecule has 0 heterocycles. The van der Waals surface area contributed by atoms with Gasteiger partial charge in [0.15, 0.2) is 0 Å². The van der Waals surface area contributed by atoms with Crippen molar-refractivity contribution in [1.82, 2.24) is 0 Å². The van der Waals surface area contributed by atoms with Gasteiger partial charge in [-0.1, -0.05) is 31.2 Å². The molecule has 112 valence electrons. The average molecular weight is 352 g/mol. The van der Waals surface area contributed by atoms with E-state index in [1.54, 1.807) is 12.1 Å². The van der Waals surface area contributed by atoms with Crippen LogP contribution in [-0.4, -0.2) is 6.61 Å². The normalized spacial score (nSPS) is 12.2. The summed E-state index contributed by atoms with van der Waals surface area (Å²) in [5.74, 6) is 0.591. The maximum atomic E-state index is 13.7. The Morgan fingerprint density at radius 3 is 2.67 bits per heavy atom. The molecule has 0 spiro atoms. The first-order valence-electron chi connectivity index (χ1n) is 7.03. The highest BCUT2D eigenvalue weighted by molar-refractivity contribution is 9.10. The smallest absolute Gasteiger partial charge is 0.133 e. The van der Waals surface area contributed by atoms with Gasteiger partial charge in [-0.2, -0.15) is 0 Å². The fourth-order valence-electron chi connectivity index (χ4n) is 2.10. The molecule has 0 saturated heterocycles. The molecule has 1 unspecified atom stereocenters. The molecule has 4 heteroatoms. The summed E-state index contributed by atoms with van der Waals surface area (Å²) in [6.07, 6.45) is 1.43. The molecule has 0 aliphatic carbocycles. The second-order valence-corrected chi connectivity index (χ2v) is 5.79. The Bertz CT molecular complexity index is 603. The standard InChI is InChI=1S/C17H19BrFNO/c1-2-9-21-17-8-7-13(10-14(17)18)16(20)11-12-5-3-4-6-15(12)19/h3-8,10,16H,2,9,11,20H2,1H3. The second-order valence-electron chi connectivity index (χ2n) is 4.94. The van der Waals surface area contributed by atoms with Crippen molar-refractivity contribution in [3.63, 3.8) is 0 Å². The van der Waals surface area contributed by atoms with Gasteiger partial charge < -0.3 is 10.5 Å². The summed E-state index contributed by atoms with van der Waals surface area (Å²) in [4.78, 5) is 0. The summed E-state index contributed by atoms with van der Waals surface area (Å²) in [6, 6.07) is 12.2. The minimum absolute atomic E-state index is 0.213. The molecule has 0 fully saturated rings. The third-order valence-corrected chi connectivity index (χ3v) is 3.86. The van der Waals surface area contributed by atoms with Crippen molar-refractivity contribution in [2.45, 2.75) is 25.8 Å². The molecular weight excluding hydrogens is 333 g/mol. The lowest BCUT2D eigenvalue weighted by Crippen LogP contribution is -2.14. The van der Waals surface area contributed by atoms with E-state index >= 15 is 0 Å². The highest BCUT2D eigenvalue weighted by atomic mass is 79.9. The minimum atomic E-state index is -0.251. The van der Waals surface area contributed by atoms with Crippen molar-refractivity contribution in [3.8, 4) is 5.75 Å². The third kappa shape index (κ3) is 4.29. The van der Waals surface area contributed by atoms with E-state index in [9.17, 15) is 4.39 Å². The van der Waals surface area contributed by atoms with Crippen LogP contribution in [-0.2, 0) is 6.42 Å². The molecule has 0 aliphatic rings. The molecule has 2 N–H and O–H groups in total. The van der Waals surface area contributed by atoms with Crippen LogP contribution in [0.3, 0.4) is 0 Å². The SMILES string of the molecule is CCCOc1ccc(C(N)Cc2ccccc2F)cc1Br. The molecule has 0 bridgehead atoms. The first-order chi connectivity index (χ1) is 10.1. The Kier molecular flexibility index (Phi) is 5.76. The highest BCUT2D eigenvalue weighted by Gasteiger charge is 2.12. The van der Waals surface area contributed by atoms with Gasteiger partial charge in [-0.25, -0.2) is 4.39 Å². The minimum Gasteiger partial charge on any atom is -0.492 e. The van der Waals surface area contributed by atoms with Gasteiger partial charge in [-0.3, -0.25) is 0 Å². The summed E-state index contributed by atoms with van der Waals surface area (Å²) in [5, 5.41) is 0. The maximum Gasteiger partial charge on any atom is 0.133 e. The van der Waals surface area contributed by atoms with Crippen LogP contribution in [0.1, 0.15) is 30.5 Å². The molecule has 21 heavy (non-hydrogen) atoms. The predicted molar refractivity (Wildman–Crippen MR) is 87.0 cm³/mol. The van der Waals surface area contributed by atoms with Gasteiger partial charge in [-0.15, -0.1) is 0 Å². The number of benzene rings is 2. The van der Waals surface area contributed by atoms with Gasteiger partial charge in [-0.05, 0) is 58.1 Å². The quantitative estimate of drug-likeness (QED) is 0.823. The number of hydrogen-bond acceptors (Lipinski definition) is 2. The van der Waals surface area contributed by atoms with Crippen molar-refractivity contribution >= 4 is 15.9 Å². The molecule has 0 aliphatic heterocycles. The molecule has 1 atom stereocenters. The Morgan fingerprint density at radius 2 is 2.00 bits per heavy atom. The van der Waals surface area contributed by atoms with Gasteiger partial charge in [0.2, 0.25) is 0 Å². The Labute approximate surface area is 133 Å². The van der Waals surface area contributed by atoms with Crippen LogP contribution in [0.15, 0.2) is 46.9 Å². The molecule has 0 radical (unpaired) electrons. The van der Waals surface area contributed by atoms with Crippen LogP contribution in [0.4, 0.5) is 4.39 Å². The molecule has 0 saturated carbocycles. The van der Waals surface area contributed by atoms with E-state index in [2.05, 4.69) is 22.9 Å². The first-order valence-corrected chi connectivity index (χ1v) is 7.82. The number of halogens is 2. The van der Waals surface area contributed by atoms with E-state index in [0.717, 1.165) is 22.2 Å². The van der Waals surface area contributed by atoms with Crippen LogP contribution in [0.25, 0.3) is 0 Å². The third-order valence-electron chi connectivity index (χ3n) is 3.24. The number of nitrogens with two attached hydrogens (primary N) is 1. The maximum absolute atomic E-state index is 13.7. The van der Waals surface area contributed by atoms with E-state index in [1.807, 2.05) is 24.3 Å². The summed E-state index contributed by atoms with van der Waals surface area (Å²) in [7, 11) is 0. The predicted octanol–water partition coefficient (Wildman–Crippen LogP) is 4.62. The van der Waals surface area contributed by atoms with Crippen LogP contribution in [0, 0.1) is 5.82 Å². The Balaban J connectivity index is 2.11. The summed E-state index contributed by atoms with van der Waals surface area (Å²) < 4.78 is 20.1. The van der Waals surface area contributed by atoms with Gasteiger partial charge in [0.05, 0.1) is 11.1 Å². The fourth-order valence-corrected chi connectivity index (χ4v) is 2.61. The lowest BCUT2D eigenvalue weighted by molar-refractivity contribution is 0.315. The zero-order chi connectivity index (χ0) is 15.2.